The molecule has 0 radical (unpaired) electrons. The number of methoxy groups -OCH3 is 1. The normalized spacial score (nSPS) is 15.5. The topological polar surface area (TPSA) is 60.2 Å². The lowest BCUT2D eigenvalue weighted by atomic mass is 10.0. The van der Waals surface area contributed by atoms with Crippen LogP contribution in [0.15, 0.2) is 30.5 Å². The molecule has 6 nitrogen and oxygen atoms in total. The number of aromatic nitrogens is 3. The van der Waals surface area contributed by atoms with Crippen molar-refractivity contribution in [3.05, 3.63) is 47.7 Å². The molecule has 1 amide bonds. The van der Waals surface area contributed by atoms with E-state index in [9.17, 15) is 31.1 Å². The number of nitrogens with zero attached hydrogens (tertiary/aromatic N) is 4. The number of carbonyl (C=O) groups excluding carboxylic acids is 1. The Kier molecular flexibility index (Phi) is 6.52. The van der Waals surface area contributed by atoms with Gasteiger partial charge in [-0.25, -0.2) is 18.2 Å². The van der Waals surface area contributed by atoms with Crippen LogP contribution in [0, 0.1) is 5.82 Å². The average Bonchev–Trinajstić information content (AvgIpc) is 3.17. The van der Waals surface area contributed by atoms with Gasteiger partial charge in [-0.2, -0.15) is 13.2 Å². The van der Waals surface area contributed by atoms with Gasteiger partial charge in [0.25, 0.3) is 12.3 Å². The summed E-state index contributed by atoms with van der Waals surface area (Å²) in [5.41, 5.74) is -0.747. The number of fused-ring (bicyclic) bond motifs is 1. The van der Waals surface area contributed by atoms with E-state index in [2.05, 4.69) is 9.97 Å². The van der Waals surface area contributed by atoms with Gasteiger partial charge >= 0.3 is 6.18 Å². The summed E-state index contributed by atoms with van der Waals surface area (Å²) in [5.74, 6) is -2.88. The smallest absolute Gasteiger partial charge is 0.381 e. The first kappa shape index (κ1) is 24.0. The van der Waals surface area contributed by atoms with Crippen LogP contribution in [0.2, 0.25) is 0 Å². The van der Waals surface area contributed by atoms with E-state index in [1.54, 1.807) is 7.11 Å². The number of alkyl halides is 5. The van der Waals surface area contributed by atoms with Crippen LogP contribution in [0.1, 0.15) is 29.0 Å². The lowest BCUT2D eigenvalue weighted by Crippen LogP contribution is -2.40. The van der Waals surface area contributed by atoms with Gasteiger partial charge in [0.1, 0.15) is 11.3 Å². The summed E-state index contributed by atoms with van der Waals surface area (Å²) in [5, 5.41) is 0. The fourth-order valence-corrected chi connectivity index (χ4v) is 4.10. The summed E-state index contributed by atoms with van der Waals surface area (Å²) >= 11 is 0. The predicted octanol–water partition coefficient (Wildman–Crippen LogP) is 4.77. The maximum atomic E-state index is 14.9. The number of rotatable bonds is 5. The summed E-state index contributed by atoms with van der Waals surface area (Å²) in [6.07, 6.45) is -5.62. The fraction of sp³-hybridized carbons (Fsp3) is 0.409. The Labute approximate surface area is 190 Å². The van der Waals surface area contributed by atoms with E-state index >= 15 is 0 Å². The first-order valence-electron chi connectivity index (χ1n) is 10.4. The fourth-order valence-electron chi connectivity index (χ4n) is 4.10. The van der Waals surface area contributed by atoms with E-state index in [1.807, 2.05) is 0 Å². The molecular formula is C22H20F6N4O2. The van der Waals surface area contributed by atoms with E-state index in [0.29, 0.717) is 30.5 Å². The largest absolute Gasteiger partial charge is 0.449 e. The average molecular weight is 486 g/mol. The number of halogens is 6. The highest BCUT2D eigenvalue weighted by atomic mass is 19.4. The number of amides is 1. The molecule has 0 saturated carbocycles. The zero-order valence-electron chi connectivity index (χ0n) is 18.0. The molecule has 1 saturated heterocycles. The van der Waals surface area contributed by atoms with Crippen LogP contribution >= 0.6 is 0 Å². The van der Waals surface area contributed by atoms with Gasteiger partial charge in [-0.1, -0.05) is 6.07 Å². The standard InChI is InChI=1S/C22H20F6N4O2/c1-34-13-5-8-31(9-6-13)20(33)14-3-2-12(10-15(14)23)18-19-16(4-7-29-18)32(11-17(24)25)21(30-19)22(26,27)28/h2-4,7,10,13,17H,5-6,8-9,11H2,1H3. The maximum Gasteiger partial charge on any atom is 0.449 e. The molecule has 0 N–H and O–H groups in total. The number of likely N-dealkylation sites (tertiary alicyclic amines) is 1. The molecule has 0 aliphatic carbocycles. The number of carbonyl (C=O) groups is 1. The molecular weight excluding hydrogens is 466 g/mol. The lowest BCUT2D eigenvalue weighted by Gasteiger charge is -2.31. The summed E-state index contributed by atoms with van der Waals surface area (Å²) in [7, 11) is 1.59. The Morgan fingerprint density at radius 1 is 1.21 bits per heavy atom. The Morgan fingerprint density at radius 3 is 2.50 bits per heavy atom. The van der Waals surface area contributed by atoms with Crippen LogP contribution in [0.5, 0.6) is 0 Å². The van der Waals surface area contributed by atoms with Crippen molar-refractivity contribution in [1.29, 1.82) is 0 Å². The van der Waals surface area contributed by atoms with Gasteiger partial charge in [0.15, 0.2) is 0 Å². The van der Waals surface area contributed by atoms with Crippen LogP contribution in [-0.4, -0.2) is 58.1 Å². The van der Waals surface area contributed by atoms with Gasteiger partial charge in [0.2, 0.25) is 5.82 Å². The van der Waals surface area contributed by atoms with Gasteiger partial charge in [-0.3, -0.25) is 9.78 Å². The molecule has 3 aromatic rings. The molecule has 1 aromatic carbocycles. The Morgan fingerprint density at radius 2 is 1.91 bits per heavy atom. The van der Waals surface area contributed by atoms with Crippen LogP contribution < -0.4 is 0 Å². The molecule has 0 bridgehead atoms. The molecule has 1 aliphatic heterocycles. The van der Waals surface area contributed by atoms with E-state index in [1.165, 1.54) is 17.0 Å². The molecule has 2 aromatic heterocycles. The number of imidazole rings is 1. The molecule has 0 spiro atoms. The Balaban J connectivity index is 1.71. The number of hydrogen-bond donors (Lipinski definition) is 0. The second-order valence-corrected chi connectivity index (χ2v) is 7.88. The molecule has 0 atom stereocenters. The van der Waals surface area contributed by atoms with Crippen molar-refractivity contribution >= 4 is 16.9 Å². The monoisotopic (exact) mass is 486 g/mol. The van der Waals surface area contributed by atoms with E-state index < -0.39 is 36.7 Å². The molecule has 1 aliphatic rings. The number of pyridine rings is 1. The SMILES string of the molecule is COC1CCN(C(=O)c2ccc(-c3nccc4c3nc(C(F)(F)F)n4CC(F)F)cc2F)CC1. The van der Waals surface area contributed by atoms with Crippen molar-refractivity contribution in [2.75, 3.05) is 20.2 Å². The molecule has 3 heterocycles. The van der Waals surface area contributed by atoms with Crippen molar-refractivity contribution in [2.24, 2.45) is 0 Å². The minimum Gasteiger partial charge on any atom is -0.381 e. The van der Waals surface area contributed by atoms with Gasteiger partial charge in [0.05, 0.1) is 29.4 Å². The first-order chi connectivity index (χ1) is 16.1. The van der Waals surface area contributed by atoms with Crippen LogP contribution in [0.3, 0.4) is 0 Å². The minimum absolute atomic E-state index is 0.0364. The molecule has 0 unspecified atom stereocenters. The second kappa shape index (κ2) is 9.24. The third-order valence-corrected chi connectivity index (χ3v) is 5.78. The van der Waals surface area contributed by atoms with Gasteiger partial charge in [0, 0.05) is 32.0 Å². The highest BCUT2D eigenvalue weighted by molar-refractivity contribution is 5.96. The van der Waals surface area contributed by atoms with Crippen LogP contribution in [-0.2, 0) is 17.5 Å². The maximum absolute atomic E-state index is 14.9. The zero-order valence-corrected chi connectivity index (χ0v) is 18.0. The lowest BCUT2D eigenvalue weighted by molar-refractivity contribution is -0.147. The molecule has 34 heavy (non-hydrogen) atoms. The van der Waals surface area contributed by atoms with E-state index in [-0.39, 0.29) is 34.0 Å². The Bertz CT molecular complexity index is 1200. The van der Waals surface area contributed by atoms with Crippen molar-refractivity contribution < 1.29 is 35.9 Å². The summed E-state index contributed by atoms with van der Waals surface area (Å²) in [6.45, 7) is -0.404. The third-order valence-electron chi connectivity index (χ3n) is 5.78. The van der Waals surface area contributed by atoms with Gasteiger partial charge in [-0.05, 0) is 31.0 Å². The minimum atomic E-state index is -4.98. The Hall–Kier alpha value is -3.15. The number of hydrogen-bond acceptors (Lipinski definition) is 4. The summed E-state index contributed by atoms with van der Waals surface area (Å²) in [6, 6.07) is 4.70. The molecule has 182 valence electrons. The third kappa shape index (κ3) is 4.59. The van der Waals surface area contributed by atoms with Crippen molar-refractivity contribution in [1.82, 2.24) is 19.4 Å². The summed E-state index contributed by atoms with van der Waals surface area (Å²) in [4.78, 5) is 21.8. The van der Waals surface area contributed by atoms with Crippen molar-refractivity contribution in [2.45, 2.75) is 38.1 Å². The van der Waals surface area contributed by atoms with E-state index in [4.69, 9.17) is 4.74 Å². The number of benzene rings is 1. The highest BCUT2D eigenvalue weighted by Gasteiger charge is 2.38. The van der Waals surface area contributed by atoms with Crippen molar-refractivity contribution in [3.63, 3.8) is 0 Å². The second-order valence-electron chi connectivity index (χ2n) is 7.88. The number of piperidine rings is 1. The van der Waals surface area contributed by atoms with Crippen LogP contribution in [0.4, 0.5) is 26.3 Å². The number of ether oxygens (including phenoxy) is 1. The molecule has 1 fully saturated rings. The zero-order chi connectivity index (χ0) is 24.6. The highest BCUT2D eigenvalue weighted by Crippen LogP contribution is 2.35. The first-order valence-corrected chi connectivity index (χ1v) is 10.4. The molecule has 4 rings (SSSR count). The summed E-state index contributed by atoms with van der Waals surface area (Å²) < 4.78 is 86.8. The van der Waals surface area contributed by atoms with Gasteiger partial charge in [-0.15, -0.1) is 0 Å². The molecule has 12 heteroatoms. The van der Waals surface area contributed by atoms with E-state index in [0.717, 1.165) is 18.3 Å². The predicted molar refractivity (Wildman–Crippen MR) is 110 cm³/mol. The van der Waals surface area contributed by atoms with Crippen LogP contribution in [0.25, 0.3) is 22.3 Å². The quantitative estimate of drug-likeness (QED) is 0.488. The van der Waals surface area contributed by atoms with Crippen molar-refractivity contribution in [3.8, 4) is 11.3 Å². The van der Waals surface area contributed by atoms with Gasteiger partial charge < -0.3 is 14.2 Å².